The highest BCUT2D eigenvalue weighted by Gasteiger charge is 2.44. The van der Waals surface area contributed by atoms with Crippen molar-refractivity contribution >= 4 is 23.8 Å². The van der Waals surface area contributed by atoms with E-state index in [9.17, 15) is 14.7 Å². The predicted octanol–water partition coefficient (Wildman–Crippen LogP) is 1.78. The molecule has 0 aromatic rings. The lowest BCUT2D eigenvalue weighted by Gasteiger charge is -2.39. The molecule has 1 aliphatic heterocycles. The van der Waals surface area contributed by atoms with Crippen LogP contribution in [0.3, 0.4) is 0 Å². The van der Waals surface area contributed by atoms with E-state index in [4.69, 9.17) is 0 Å². The first-order chi connectivity index (χ1) is 8.93. The van der Waals surface area contributed by atoms with Gasteiger partial charge in [-0.2, -0.15) is 11.8 Å². The first-order valence-electron chi connectivity index (χ1n) is 6.84. The van der Waals surface area contributed by atoms with Crippen LogP contribution in [0.15, 0.2) is 0 Å². The summed E-state index contributed by atoms with van der Waals surface area (Å²) in [5, 5.41) is 12.9. The maximum atomic E-state index is 12.1. The SMILES string of the molecule is CC1CN(C(=O)NCC2(C(=O)O)CCC2)CC(C)S1. The first kappa shape index (κ1) is 14.5. The Labute approximate surface area is 118 Å². The van der Waals surface area contributed by atoms with Crippen LogP contribution >= 0.6 is 11.8 Å². The summed E-state index contributed by atoms with van der Waals surface area (Å²) < 4.78 is 0. The second-order valence-electron chi connectivity index (χ2n) is 5.76. The third-order valence-electron chi connectivity index (χ3n) is 4.05. The van der Waals surface area contributed by atoms with E-state index < -0.39 is 11.4 Å². The third kappa shape index (κ3) is 3.16. The van der Waals surface area contributed by atoms with Gasteiger partial charge in [0.1, 0.15) is 0 Å². The molecule has 2 atom stereocenters. The van der Waals surface area contributed by atoms with E-state index in [0.717, 1.165) is 19.5 Å². The molecule has 1 heterocycles. The molecular formula is C13H22N2O3S. The van der Waals surface area contributed by atoms with Gasteiger partial charge in [0.2, 0.25) is 0 Å². The number of nitrogens with zero attached hydrogens (tertiary/aromatic N) is 1. The van der Waals surface area contributed by atoms with Crippen molar-refractivity contribution in [2.45, 2.75) is 43.6 Å². The molecule has 0 radical (unpaired) electrons. The van der Waals surface area contributed by atoms with Gasteiger partial charge in [-0.25, -0.2) is 4.79 Å². The number of aliphatic carboxylic acids is 1. The molecule has 2 aliphatic rings. The van der Waals surface area contributed by atoms with Crippen LogP contribution in [0.4, 0.5) is 4.79 Å². The minimum Gasteiger partial charge on any atom is -0.481 e. The third-order valence-corrected chi connectivity index (χ3v) is 5.28. The minimum absolute atomic E-state index is 0.119. The summed E-state index contributed by atoms with van der Waals surface area (Å²) in [4.78, 5) is 25.1. The van der Waals surface area contributed by atoms with E-state index in [1.54, 1.807) is 4.90 Å². The molecule has 1 aliphatic carbocycles. The number of carboxylic acids is 1. The Morgan fingerprint density at radius 2 is 1.89 bits per heavy atom. The number of rotatable bonds is 3. The van der Waals surface area contributed by atoms with Crippen LogP contribution in [0, 0.1) is 5.41 Å². The average molecular weight is 286 g/mol. The number of nitrogens with one attached hydrogen (secondary N) is 1. The van der Waals surface area contributed by atoms with E-state index in [-0.39, 0.29) is 12.6 Å². The van der Waals surface area contributed by atoms with E-state index in [2.05, 4.69) is 19.2 Å². The van der Waals surface area contributed by atoms with E-state index in [1.165, 1.54) is 0 Å². The van der Waals surface area contributed by atoms with Crippen molar-refractivity contribution in [2.24, 2.45) is 5.41 Å². The van der Waals surface area contributed by atoms with Crippen molar-refractivity contribution in [3.63, 3.8) is 0 Å². The smallest absolute Gasteiger partial charge is 0.317 e. The van der Waals surface area contributed by atoms with Gasteiger partial charge in [0, 0.05) is 30.1 Å². The zero-order chi connectivity index (χ0) is 14.0. The number of carbonyl (C=O) groups excluding carboxylic acids is 1. The van der Waals surface area contributed by atoms with Crippen molar-refractivity contribution in [3.05, 3.63) is 0 Å². The number of urea groups is 1. The van der Waals surface area contributed by atoms with Crippen molar-refractivity contribution < 1.29 is 14.7 Å². The normalized spacial score (nSPS) is 29.5. The van der Waals surface area contributed by atoms with Gasteiger partial charge in [0.15, 0.2) is 0 Å². The molecule has 2 rings (SSSR count). The van der Waals surface area contributed by atoms with Crippen molar-refractivity contribution in [1.29, 1.82) is 0 Å². The lowest BCUT2D eigenvalue weighted by molar-refractivity contribution is -0.153. The van der Waals surface area contributed by atoms with Crippen LogP contribution in [-0.2, 0) is 4.79 Å². The highest BCUT2D eigenvalue weighted by molar-refractivity contribution is 8.00. The highest BCUT2D eigenvalue weighted by atomic mass is 32.2. The summed E-state index contributed by atoms with van der Waals surface area (Å²) in [5.41, 5.74) is -0.711. The summed E-state index contributed by atoms with van der Waals surface area (Å²) >= 11 is 1.89. The van der Waals surface area contributed by atoms with Gasteiger partial charge in [-0.3, -0.25) is 4.79 Å². The Kier molecular flexibility index (Phi) is 4.28. The molecule has 0 aromatic heterocycles. The Hall–Kier alpha value is -0.910. The van der Waals surface area contributed by atoms with E-state index in [1.807, 2.05) is 11.8 Å². The summed E-state index contributed by atoms with van der Waals surface area (Å²) in [6.07, 6.45) is 2.28. The van der Waals surface area contributed by atoms with Crippen LogP contribution < -0.4 is 5.32 Å². The summed E-state index contributed by atoms with van der Waals surface area (Å²) in [7, 11) is 0. The van der Waals surface area contributed by atoms with E-state index >= 15 is 0 Å². The van der Waals surface area contributed by atoms with Gasteiger partial charge in [-0.15, -0.1) is 0 Å². The van der Waals surface area contributed by atoms with Crippen LogP contribution in [0.2, 0.25) is 0 Å². The average Bonchev–Trinajstić information content (AvgIpc) is 2.25. The zero-order valence-electron chi connectivity index (χ0n) is 11.5. The molecule has 0 aromatic carbocycles. The van der Waals surface area contributed by atoms with Crippen molar-refractivity contribution in [3.8, 4) is 0 Å². The Morgan fingerprint density at radius 3 is 2.32 bits per heavy atom. The molecule has 2 amide bonds. The molecule has 5 nitrogen and oxygen atoms in total. The van der Waals surface area contributed by atoms with Crippen molar-refractivity contribution in [2.75, 3.05) is 19.6 Å². The molecule has 2 N–H and O–H groups in total. The predicted molar refractivity (Wildman–Crippen MR) is 75.4 cm³/mol. The van der Waals surface area contributed by atoms with Gasteiger partial charge >= 0.3 is 12.0 Å². The highest BCUT2D eigenvalue weighted by Crippen LogP contribution is 2.40. The molecule has 19 heavy (non-hydrogen) atoms. The number of thioether (sulfide) groups is 1. The Morgan fingerprint density at radius 1 is 1.32 bits per heavy atom. The number of hydrogen-bond donors (Lipinski definition) is 2. The van der Waals surface area contributed by atoms with Gasteiger partial charge in [-0.1, -0.05) is 20.3 Å². The summed E-state index contributed by atoms with van der Waals surface area (Å²) in [6, 6.07) is -0.119. The molecule has 1 saturated carbocycles. The zero-order valence-corrected chi connectivity index (χ0v) is 12.3. The number of carboxylic acid groups (broad SMARTS) is 1. The van der Waals surface area contributed by atoms with Crippen LogP contribution in [0.25, 0.3) is 0 Å². The fourth-order valence-electron chi connectivity index (χ4n) is 2.77. The Balaban J connectivity index is 1.85. The van der Waals surface area contributed by atoms with Gasteiger partial charge in [0.05, 0.1) is 5.41 Å². The standard InChI is InChI=1S/C13H22N2O3S/c1-9-6-15(7-10(2)19-9)12(18)14-8-13(11(16)17)4-3-5-13/h9-10H,3-8H2,1-2H3,(H,14,18)(H,16,17). The second-order valence-corrected chi connectivity index (χ2v) is 7.64. The number of amides is 2. The lowest BCUT2D eigenvalue weighted by atomic mass is 9.69. The van der Waals surface area contributed by atoms with Gasteiger partial charge in [0.25, 0.3) is 0 Å². The maximum Gasteiger partial charge on any atom is 0.317 e. The molecule has 6 heteroatoms. The molecule has 0 bridgehead atoms. The topological polar surface area (TPSA) is 69.6 Å². The quantitative estimate of drug-likeness (QED) is 0.829. The second kappa shape index (κ2) is 5.61. The monoisotopic (exact) mass is 286 g/mol. The molecule has 0 spiro atoms. The van der Waals surface area contributed by atoms with Crippen LogP contribution in [-0.4, -0.2) is 52.1 Å². The van der Waals surface area contributed by atoms with Gasteiger partial charge < -0.3 is 15.3 Å². The van der Waals surface area contributed by atoms with Gasteiger partial charge in [-0.05, 0) is 12.8 Å². The molecule has 108 valence electrons. The largest absolute Gasteiger partial charge is 0.481 e. The Bertz CT molecular complexity index is 361. The molecular weight excluding hydrogens is 264 g/mol. The first-order valence-corrected chi connectivity index (χ1v) is 7.79. The van der Waals surface area contributed by atoms with Crippen LogP contribution in [0.1, 0.15) is 33.1 Å². The lowest BCUT2D eigenvalue weighted by Crippen LogP contribution is -2.53. The molecule has 1 saturated heterocycles. The molecule has 2 fully saturated rings. The minimum atomic E-state index is -0.782. The molecule has 2 unspecified atom stereocenters. The summed E-state index contributed by atoms with van der Waals surface area (Å²) in [6.45, 7) is 5.96. The number of carbonyl (C=O) groups is 2. The number of hydrogen-bond acceptors (Lipinski definition) is 3. The van der Waals surface area contributed by atoms with Crippen LogP contribution in [0.5, 0.6) is 0 Å². The fourth-order valence-corrected chi connectivity index (χ4v) is 4.10. The van der Waals surface area contributed by atoms with Crippen molar-refractivity contribution in [1.82, 2.24) is 10.2 Å². The summed E-state index contributed by atoms with van der Waals surface area (Å²) in [5.74, 6) is -0.782. The fraction of sp³-hybridized carbons (Fsp3) is 0.846. The van der Waals surface area contributed by atoms with E-state index in [0.29, 0.717) is 23.3 Å². The maximum absolute atomic E-state index is 12.1.